The molecule has 23 heavy (non-hydrogen) atoms. The molecule has 2 atom stereocenters. The lowest BCUT2D eigenvalue weighted by Gasteiger charge is -2.25. The fraction of sp³-hybridized carbons (Fsp3) is 0.412. The van der Waals surface area contributed by atoms with Gasteiger partial charge >= 0.3 is 0 Å². The summed E-state index contributed by atoms with van der Waals surface area (Å²) in [6.07, 6.45) is 3.76. The third-order valence-electron chi connectivity index (χ3n) is 4.81. The van der Waals surface area contributed by atoms with E-state index in [4.69, 9.17) is 4.74 Å². The first-order chi connectivity index (χ1) is 11.1. The van der Waals surface area contributed by atoms with E-state index in [1.54, 1.807) is 0 Å². The van der Waals surface area contributed by atoms with Crippen LogP contribution in [0.1, 0.15) is 16.2 Å². The molecular formula is C17H20N4O2. The van der Waals surface area contributed by atoms with Crippen molar-refractivity contribution in [3.8, 4) is 5.75 Å². The van der Waals surface area contributed by atoms with Crippen LogP contribution < -0.4 is 4.74 Å². The van der Waals surface area contributed by atoms with Gasteiger partial charge in [0.25, 0.3) is 5.91 Å². The van der Waals surface area contributed by atoms with Crippen molar-refractivity contribution in [2.24, 2.45) is 7.05 Å². The standard InChI is InChI=1S/C17H20N4O2/c1-19-8-7-18-16(19)11-21-9-13-15(10-21)23-14-6-4-3-5-12(14)17(22)20(13)2/h3-8,13,15H,9-11H2,1-2H3. The number of rotatable bonds is 2. The van der Waals surface area contributed by atoms with E-state index in [0.29, 0.717) is 11.3 Å². The van der Waals surface area contributed by atoms with Crippen LogP contribution in [0.5, 0.6) is 5.75 Å². The molecule has 1 aromatic heterocycles. The predicted octanol–water partition coefficient (Wildman–Crippen LogP) is 1.14. The number of carbonyl (C=O) groups is 1. The van der Waals surface area contributed by atoms with E-state index in [9.17, 15) is 4.79 Å². The van der Waals surface area contributed by atoms with E-state index in [2.05, 4.69) is 9.88 Å². The molecule has 4 rings (SSSR count). The molecule has 1 saturated heterocycles. The number of fused-ring (bicyclic) bond motifs is 2. The number of para-hydroxylation sites is 1. The van der Waals surface area contributed by atoms with Crippen LogP contribution in [0.25, 0.3) is 0 Å². The van der Waals surface area contributed by atoms with Gasteiger partial charge < -0.3 is 14.2 Å². The second-order valence-corrected chi connectivity index (χ2v) is 6.28. The van der Waals surface area contributed by atoms with Gasteiger partial charge in [0, 0.05) is 39.6 Å². The highest BCUT2D eigenvalue weighted by molar-refractivity contribution is 5.97. The lowest BCUT2D eigenvalue weighted by Crippen LogP contribution is -2.44. The third-order valence-corrected chi connectivity index (χ3v) is 4.81. The number of likely N-dealkylation sites (tertiary alicyclic amines) is 1. The lowest BCUT2D eigenvalue weighted by molar-refractivity contribution is 0.0682. The lowest BCUT2D eigenvalue weighted by atomic mass is 10.1. The normalized spacial score (nSPS) is 24.1. The molecule has 0 aliphatic carbocycles. The molecule has 3 heterocycles. The fourth-order valence-corrected chi connectivity index (χ4v) is 3.45. The number of carbonyl (C=O) groups excluding carboxylic acids is 1. The first-order valence-corrected chi connectivity index (χ1v) is 7.85. The Morgan fingerprint density at radius 1 is 1.26 bits per heavy atom. The Balaban J connectivity index is 1.58. The van der Waals surface area contributed by atoms with Crippen LogP contribution in [-0.2, 0) is 13.6 Å². The average Bonchev–Trinajstić information content (AvgIpc) is 3.11. The summed E-state index contributed by atoms with van der Waals surface area (Å²) in [5, 5.41) is 0. The van der Waals surface area contributed by atoms with Crippen molar-refractivity contribution in [1.29, 1.82) is 0 Å². The van der Waals surface area contributed by atoms with Crippen molar-refractivity contribution < 1.29 is 9.53 Å². The molecule has 1 aromatic carbocycles. The van der Waals surface area contributed by atoms with E-state index in [1.165, 1.54) is 0 Å². The Morgan fingerprint density at radius 3 is 2.87 bits per heavy atom. The number of aryl methyl sites for hydroxylation is 1. The zero-order valence-electron chi connectivity index (χ0n) is 13.3. The van der Waals surface area contributed by atoms with Crippen molar-refractivity contribution in [3.05, 3.63) is 48.0 Å². The zero-order valence-corrected chi connectivity index (χ0v) is 13.3. The van der Waals surface area contributed by atoms with Gasteiger partial charge in [-0.15, -0.1) is 0 Å². The Bertz CT molecular complexity index is 742. The number of ether oxygens (including phenoxy) is 1. The number of hydrogen-bond acceptors (Lipinski definition) is 4. The summed E-state index contributed by atoms with van der Waals surface area (Å²) in [5.74, 6) is 1.75. The number of nitrogens with zero attached hydrogens (tertiary/aromatic N) is 4. The van der Waals surface area contributed by atoms with Gasteiger partial charge in [0.05, 0.1) is 18.2 Å². The van der Waals surface area contributed by atoms with Gasteiger partial charge in [-0.2, -0.15) is 0 Å². The Morgan fingerprint density at radius 2 is 2.09 bits per heavy atom. The zero-order chi connectivity index (χ0) is 16.0. The van der Waals surface area contributed by atoms with Gasteiger partial charge in [-0.1, -0.05) is 12.1 Å². The molecule has 6 nitrogen and oxygen atoms in total. The summed E-state index contributed by atoms with van der Waals surface area (Å²) in [4.78, 5) is 21.2. The van der Waals surface area contributed by atoms with Gasteiger partial charge in [0.1, 0.15) is 17.7 Å². The van der Waals surface area contributed by atoms with Gasteiger partial charge in [-0.3, -0.25) is 9.69 Å². The van der Waals surface area contributed by atoms with Crippen molar-refractivity contribution >= 4 is 5.91 Å². The van der Waals surface area contributed by atoms with E-state index in [-0.39, 0.29) is 18.1 Å². The molecule has 0 N–H and O–H groups in total. The number of aromatic nitrogens is 2. The predicted molar refractivity (Wildman–Crippen MR) is 85.2 cm³/mol. The Kier molecular flexibility index (Phi) is 3.34. The second-order valence-electron chi connectivity index (χ2n) is 6.28. The molecule has 120 valence electrons. The minimum atomic E-state index is -0.00660. The molecular weight excluding hydrogens is 292 g/mol. The topological polar surface area (TPSA) is 50.6 Å². The number of benzene rings is 1. The molecule has 0 spiro atoms. The highest BCUT2D eigenvalue weighted by Crippen LogP contribution is 2.30. The maximum Gasteiger partial charge on any atom is 0.257 e. The highest BCUT2D eigenvalue weighted by atomic mass is 16.5. The molecule has 2 aromatic rings. The van der Waals surface area contributed by atoms with E-state index in [1.807, 2.05) is 60.2 Å². The first kappa shape index (κ1) is 14.3. The summed E-state index contributed by atoms with van der Waals surface area (Å²) >= 11 is 0. The summed E-state index contributed by atoms with van der Waals surface area (Å²) in [5.41, 5.74) is 0.653. The molecule has 0 radical (unpaired) electrons. The maximum atomic E-state index is 12.7. The summed E-state index contributed by atoms with van der Waals surface area (Å²) in [7, 11) is 3.87. The summed E-state index contributed by atoms with van der Waals surface area (Å²) in [6, 6.07) is 7.57. The second kappa shape index (κ2) is 5.38. The van der Waals surface area contributed by atoms with Crippen LogP contribution in [0.4, 0.5) is 0 Å². The van der Waals surface area contributed by atoms with Crippen LogP contribution in [0.2, 0.25) is 0 Å². The van der Waals surface area contributed by atoms with E-state index >= 15 is 0 Å². The van der Waals surface area contributed by atoms with Crippen molar-refractivity contribution in [2.45, 2.75) is 18.7 Å². The quantitative estimate of drug-likeness (QED) is 0.834. The van der Waals surface area contributed by atoms with Crippen molar-refractivity contribution in [3.63, 3.8) is 0 Å². The molecule has 2 aliphatic rings. The van der Waals surface area contributed by atoms with Crippen LogP contribution in [-0.4, -0.2) is 57.5 Å². The Hall–Kier alpha value is -2.34. The number of hydrogen-bond donors (Lipinski definition) is 0. The first-order valence-electron chi connectivity index (χ1n) is 7.85. The van der Waals surface area contributed by atoms with Crippen molar-refractivity contribution in [2.75, 3.05) is 20.1 Å². The van der Waals surface area contributed by atoms with Gasteiger partial charge in [0.2, 0.25) is 0 Å². The number of imidazole rings is 1. The molecule has 2 unspecified atom stereocenters. The van der Waals surface area contributed by atoms with E-state index in [0.717, 1.165) is 25.5 Å². The van der Waals surface area contributed by atoms with Gasteiger partial charge in [-0.25, -0.2) is 4.98 Å². The molecule has 0 bridgehead atoms. The van der Waals surface area contributed by atoms with Crippen molar-refractivity contribution in [1.82, 2.24) is 19.4 Å². The van der Waals surface area contributed by atoms with Crippen LogP contribution >= 0.6 is 0 Å². The largest absolute Gasteiger partial charge is 0.486 e. The third kappa shape index (κ3) is 2.39. The minimum absolute atomic E-state index is 0.00660. The minimum Gasteiger partial charge on any atom is -0.486 e. The maximum absolute atomic E-state index is 12.7. The van der Waals surface area contributed by atoms with Crippen LogP contribution in [0, 0.1) is 0 Å². The summed E-state index contributed by atoms with van der Waals surface area (Å²) < 4.78 is 8.20. The summed E-state index contributed by atoms with van der Waals surface area (Å²) in [6.45, 7) is 2.36. The SMILES string of the molecule is CN1C(=O)c2ccccc2OC2CN(Cc3nccn3C)CC21. The molecule has 0 saturated carbocycles. The molecule has 6 heteroatoms. The van der Waals surface area contributed by atoms with Gasteiger partial charge in [-0.05, 0) is 12.1 Å². The van der Waals surface area contributed by atoms with Crippen LogP contribution in [0.3, 0.4) is 0 Å². The van der Waals surface area contributed by atoms with Gasteiger partial charge in [0.15, 0.2) is 0 Å². The molecule has 1 amide bonds. The smallest absolute Gasteiger partial charge is 0.257 e. The fourth-order valence-electron chi connectivity index (χ4n) is 3.45. The van der Waals surface area contributed by atoms with Crippen LogP contribution in [0.15, 0.2) is 36.7 Å². The van der Waals surface area contributed by atoms with E-state index < -0.39 is 0 Å². The average molecular weight is 312 g/mol. The number of likely N-dealkylation sites (N-methyl/N-ethyl adjacent to an activating group) is 1. The molecule has 1 fully saturated rings. The Labute approximate surface area is 135 Å². The monoisotopic (exact) mass is 312 g/mol. The number of amides is 1. The highest BCUT2D eigenvalue weighted by Gasteiger charge is 2.42. The molecule has 2 aliphatic heterocycles.